The van der Waals surface area contributed by atoms with Crippen molar-refractivity contribution in [2.75, 3.05) is 4.43 Å². The Morgan fingerprint density at radius 3 is 2.40 bits per heavy atom. The molecule has 10 heavy (non-hydrogen) atoms. The maximum Gasteiger partial charge on any atom is 0.309 e. The molecule has 0 bridgehead atoms. The molecule has 0 spiro atoms. The topological polar surface area (TPSA) is 26.3 Å². The fourth-order valence-corrected chi connectivity index (χ4v) is 2.05. The zero-order valence-corrected chi connectivity index (χ0v) is 8.29. The van der Waals surface area contributed by atoms with Crippen LogP contribution in [0.3, 0.4) is 0 Å². The van der Waals surface area contributed by atoms with Gasteiger partial charge in [-0.1, -0.05) is 36.4 Å². The van der Waals surface area contributed by atoms with Gasteiger partial charge < -0.3 is 4.74 Å². The van der Waals surface area contributed by atoms with Gasteiger partial charge in [0.1, 0.15) is 6.10 Å². The maximum absolute atomic E-state index is 10.9. The van der Waals surface area contributed by atoms with E-state index in [2.05, 4.69) is 29.5 Å². The van der Waals surface area contributed by atoms with Crippen LogP contribution in [0.25, 0.3) is 0 Å². The highest BCUT2D eigenvalue weighted by Gasteiger charge is 2.37. The molecule has 1 heterocycles. The van der Waals surface area contributed by atoms with E-state index in [4.69, 9.17) is 4.74 Å². The number of carbonyl (C=O) groups excluding carboxylic acids is 1. The molecule has 0 amide bonds. The Balaban J connectivity index is 2.61. The molecule has 3 atom stereocenters. The zero-order chi connectivity index (χ0) is 7.72. The largest absolute Gasteiger partial charge is 0.461 e. The lowest BCUT2D eigenvalue weighted by Gasteiger charge is -2.10. The van der Waals surface area contributed by atoms with Crippen LogP contribution in [0.4, 0.5) is 0 Å². The minimum absolute atomic E-state index is 0.0332. The van der Waals surface area contributed by atoms with E-state index < -0.39 is 0 Å². The molecule has 0 radical (unpaired) electrons. The van der Waals surface area contributed by atoms with Crippen LogP contribution in [0, 0.1) is 11.8 Å². The van der Waals surface area contributed by atoms with Gasteiger partial charge in [-0.05, 0) is 0 Å². The van der Waals surface area contributed by atoms with E-state index >= 15 is 0 Å². The highest BCUT2D eigenvalue weighted by molar-refractivity contribution is 14.1. The minimum atomic E-state index is -0.0332. The molecule has 0 aliphatic carbocycles. The Kier molecular flexibility index (Phi) is 2.55. The van der Waals surface area contributed by atoms with Gasteiger partial charge >= 0.3 is 5.97 Å². The standard InChI is InChI=1S/C7H11IO2/c1-4-5(2)7(9)10-6(4)3-8/h4-6H,3H2,1-2H3. The third-order valence-corrected chi connectivity index (χ3v) is 3.03. The molecule has 1 rings (SSSR count). The predicted molar refractivity (Wildman–Crippen MR) is 47.1 cm³/mol. The van der Waals surface area contributed by atoms with Gasteiger partial charge in [-0.25, -0.2) is 0 Å². The lowest BCUT2D eigenvalue weighted by Crippen LogP contribution is -2.16. The molecule has 2 nitrogen and oxygen atoms in total. The highest BCUT2D eigenvalue weighted by Crippen LogP contribution is 2.28. The molecule has 0 aromatic heterocycles. The van der Waals surface area contributed by atoms with Gasteiger partial charge in [-0.2, -0.15) is 0 Å². The average molecular weight is 254 g/mol. The molecule has 0 N–H and O–H groups in total. The molecule has 1 fully saturated rings. The van der Waals surface area contributed by atoms with Gasteiger partial charge in [0.05, 0.1) is 5.92 Å². The summed E-state index contributed by atoms with van der Waals surface area (Å²) in [5.41, 5.74) is 0. The molecule has 1 saturated heterocycles. The summed E-state index contributed by atoms with van der Waals surface area (Å²) in [5, 5.41) is 0. The summed E-state index contributed by atoms with van der Waals surface area (Å²) in [5.74, 6) is 0.457. The Morgan fingerprint density at radius 2 is 2.20 bits per heavy atom. The number of carbonyl (C=O) groups is 1. The summed E-state index contributed by atoms with van der Waals surface area (Å²) >= 11 is 2.25. The molecule has 58 valence electrons. The first-order valence-corrected chi connectivity index (χ1v) is 4.96. The fraction of sp³-hybridized carbons (Fsp3) is 0.857. The first-order chi connectivity index (χ1) is 4.66. The van der Waals surface area contributed by atoms with Crippen molar-refractivity contribution < 1.29 is 9.53 Å². The summed E-state index contributed by atoms with van der Waals surface area (Å²) in [4.78, 5) is 10.9. The van der Waals surface area contributed by atoms with Gasteiger partial charge in [-0.3, -0.25) is 4.79 Å². The molecular weight excluding hydrogens is 243 g/mol. The average Bonchev–Trinajstić information content (AvgIpc) is 2.17. The van der Waals surface area contributed by atoms with Crippen molar-refractivity contribution in [2.45, 2.75) is 20.0 Å². The van der Waals surface area contributed by atoms with Gasteiger partial charge in [0.25, 0.3) is 0 Å². The third kappa shape index (κ3) is 1.28. The van der Waals surface area contributed by atoms with Crippen molar-refractivity contribution in [1.29, 1.82) is 0 Å². The number of alkyl halides is 1. The fourth-order valence-electron chi connectivity index (χ4n) is 1.07. The number of esters is 1. The molecule has 3 unspecified atom stereocenters. The summed E-state index contributed by atoms with van der Waals surface area (Å²) in [6.07, 6.45) is 0.156. The number of halogens is 1. The molecule has 0 aromatic rings. The van der Waals surface area contributed by atoms with E-state index in [9.17, 15) is 4.79 Å². The number of ether oxygens (including phenoxy) is 1. The Hall–Kier alpha value is 0.200. The van der Waals surface area contributed by atoms with Crippen molar-refractivity contribution in [3.05, 3.63) is 0 Å². The molecule has 1 aliphatic heterocycles. The van der Waals surface area contributed by atoms with Crippen molar-refractivity contribution in [2.24, 2.45) is 11.8 Å². The van der Waals surface area contributed by atoms with Crippen molar-refractivity contribution >= 4 is 28.6 Å². The van der Waals surface area contributed by atoms with Gasteiger partial charge in [0.15, 0.2) is 0 Å². The molecule has 1 aliphatic rings. The van der Waals surface area contributed by atoms with Crippen molar-refractivity contribution in [1.82, 2.24) is 0 Å². The maximum atomic E-state index is 10.9. The van der Waals surface area contributed by atoms with Gasteiger partial charge in [-0.15, -0.1) is 0 Å². The van der Waals surface area contributed by atoms with Crippen molar-refractivity contribution in [3.8, 4) is 0 Å². The molecule has 0 saturated carbocycles. The quantitative estimate of drug-likeness (QED) is 0.404. The van der Waals surface area contributed by atoms with Crippen LogP contribution in [0.1, 0.15) is 13.8 Å². The molecular formula is C7H11IO2. The third-order valence-electron chi connectivity index (χ3n) is 2.17. The van der Waals surface area contributed by atoms with Gasteiger partial charge in [0.2, 0.25) is 0 Å². The zero-order valence-electron chi connectivity index (χ0n) is 6.13. The summed E-state index contributed by atoms with van der Waals surface area (Å²) in [6.45, 7) is 4.00. The predicted octanol–water partition coefficient (Wildman–Crippen LogP) is 1.62. The van der Waals surface area contributed by atoms with Crippen LogP contribution in [0.5, 0.6) is 0 Å². The summed E-state index contributed by atoms with van der Waals surface area (Å²) < 4.78 is 6.00. The Bertz CT molecular complexity index is 147. The van der Waals surface area contributed by atoms with Gasteiger partial charge in [0, 0.05) is 10.3 Å². The van der Waals surface area contributed by atoms with E-state index in [1.807, 2.05) is 6.92 Å². The minimum Gasteiger partial charge on any atom is -0.461 e. The van der Waals surface area contributed by atoms with Crippen LogP contribution in [-0.2, 0) is 9.53 Å². The second-order valence-electron chi connectivity index (χ2n) is 2.78. The van der Waals surface area contributed by atoms with E-state index in [-0.39, 0.29) is 18.0 Å². The lowest BCUT2D eigenvalue weighted by molar-refractivity contribution is -0.143. The smallest absolute Gasteiger partial charge is 0.309 e. The first-order valence-electron chi connectivity index (χ1n) is 3.43. The number of hydrogen-bond donors (Lipinski definition) is 0. The normalized spacial score (nSPS) is 39.9. The van der Waals surface area contributed by atoms with Crippen LogP contribution in [0.2, 0.25) is 0 Å². The van der Waals surface area contributed by atoms with E-state index in [1.165, 1.54) is 0 Å². The second kappa shape index (κ2) is 3.07. The Labute approximate surface area is 74.5 Å². The SMILES string of the molecule is CC1C(=O)OC(CI)C1C. The van der Waals surface area contributed by atoms with E-state index in [0.29, 0.717) is 5.92 Å². The lowest BCUT2D eigenvalue weighted by atomic mass is 9.95. The molecule has 3 heteroatoms. The second-order valence-corrected chi connectivity index (χ2v) is 3.66. The first kappa shape index (κ1) is 8.30. The number of hydrogen-bond acceptors (Lipinski definition) is 2. The van der Waals surface area contributed by atoms with Crippen LogP contribution in [-0.4, -0.2) is 16.5 Å². The Morgan fingerprint density at radius 1 is 1.60 bits per heavy atom. The van der Waals surface area contributed by atoms with Crippen LogP contribution in [0.15, 0.2) is 0 Å². The molecule has 0 aromatic carbocycles. The number of rotatable bonds is 1. The highest BCUT2D eigenvalue weighted by atomic mass is 127. The van der Waals surface area contributed by atoms with Crippen LogP contribution < -0.4 is 0 Å². The monoisotopic (exact) mass is 254 g/mol. The summed E-state index contributed by atoms with van der Waals surface area (Å²) in [7, 11) is 0. The van der Waals surface area contributed by atoms with Crippen molar-refractivity contribution in [3.63, 3.8) is 0 Å². The summed E-state index contributed by atoms with van der Waals surface area (Å²) in [6, 6.07) is 0. The number of cyclic esters (lactones) is 1. The van der Waals surface area contributed by atoms with Crippen LogP contribution >= 0.6 is 22.6 Å². The van der Waals surface area contributed by atoms with E-state index in [1.54, 1.807) is 0 Å². The van der Waals surface area contributed by atoms with E-state index in [0.717, 1.165) is 4.43 Å².